The van der Waals surface area contributed by atoms with Crippen molar-refractivity contribution in [2.24, 2.45) is 0 Å². The van der Waals surface area contributed by atoms with Crippen molar-refractivity contribution < 1.29 is 9.72 Å². The molecule has 0 spiro atoms. The molecule has 1 aromatic carbocycles. The lowest BCUT2D eigenvalue weighted by molar-refractivity contribution is -0.384. The van der Waals surface area contributed by atoms with Crippen LogP contribution in [0.3, 0.4) is 0 Å². The van der Waals surface area contributed by atoms with Crippen molar-refractivity contribution in [3.05, 3.63) is 38.9 Å². The van der Waals surface area contributed by atoms with Gasteiger partial charge < -0.3 is 5.32 Å². The molecule has 0 atom stereocenters. The lowest BCUT2D eigenvalue weighted by atomic mass is 10.1. The zero-order chi connectivity index (χ0) is 12.6. The maximum atomic E-state index is 11.8. The maximum Gasteiger partial charge on any atom is 0.270 e. The molecule has 0 bridgehead atoms. The molecule has 0 radical (unpaired) electrons. The number of hydrogen-bond donors (Lipinski definition) is 1. The number of nitro groups is 1. The van der Waals surface area contributed by atoms with Crippen LogP contribution in [0.15, 0.2) is 18.2 Å². The fourth-order valence-corrected chi connectivity index (χ4v) is 1.72. The van der Waals surface area contributed by atoms with E-state index in [1.165, 1.54) is 18.2 Å². The largest absolute Gasteiger partial charge is 0.347 e. The van der Waals surface area contributed by atoms with Gasteiger partial charge in [-0.3, -0.25) is 14.9 Å². The van der Waals surface area contributed by atoms with Gasteiger partial charge in [0.1, 0.15) is 0 Å². The molecule has 1 saturated carbocycles. The first-order valence-corrected chi connectivity index (χ1v) is 5.55. The third-order valence-corrected chi connectivity index (χ3v) is 3.14. The Morgan fingerprint density at radius 2 is 2.18 bits per heavy atom. The van der Waals surface area contributed by atoms with Crippen molar-refractivity contribution in [2.75, 3.05) is 0 Å². The van der Waals surface area contributed by atoms with E-state index < -0.39 is 4.92 Å². The minimum absolute atomic E-state index is 0.0981. The molecule has 1 N–H and O–H groups in total. The van der Waals surface area contributed by atoms with Crippen molar-refractivity contribution in [1.82, 2.24) is 5.32 Å². The van der Waals surface area contributed by atoms with E-state index in [0.717, 1.165) is 12.8 Å². The highest BCUT2D eigenvalue weighted by Crippen LogP contribution is 2.35. The lowest BCUT2D eigenvalue weighted by Crippen LogP contribution is -2.34. The van der Waals surface area contributed by atoms with Gasteiger partial charge in [0.05, 0.1) is 15.5 Å². The Morgan fingerprint density at radius 3 is 2.65 bits per heavy atom. The number of rotatable bonds is 3. The number of carbonyl (C=O) groups is 1. The Morgan fingerprint density at radius 1 is 1.53 bits per heavy atom. The summed E-state index contributed by atoms with van der Waals surface area (Å²) in [5, 5.41) is 13.5. The molecule has 90 valence electrons. The SMILES string of the molecule is CC1(NC(=O)c2ccc([N+](=O)[O-])cc2Cl)CC1. The van der Waals surface area contributed by atoms with Crippen molar-refractivity contribution in [3.63, 3.8) is 0 Å². The highest BCUT2D eigenvalue weighted by atomic mass is 35.5. The van der Waals surface area contributed by atoms with Crippen molar-refractivity contribution in [1.29, 1.82) is 0 Å². The van der Waals surface area contributed by atoms with Gasteiger partial charge in [-0.15, -0.1) is 0 Å². The first kappa shape index (κ1) is 11.9. The van der Waals surface area contributed by atoms with Crippen LogP contribution in [-0.4, -0.2) is 16.4 Å². The quantitative estimate of drug-likeness (QED) is 0.665. The second kappa shape index (κ2) is 4.00. The van der Waals surface area contributed by atoms with Crippen LogP contribution >= 0.6 is 11.6 Å². The van der Waals surface area contributed by atoms with Crippen molar-refractivity contribution >= 4 is 23.2 Å². The van der Waals surface area contributed by atoms with E-state index in [0.29, 0.717) is 0 Å². The van der Waals surface area contributed by atoms with Gasteiger partial charge in [0, 0.05) is 17.7 Å². The summed E-state index contributed by atoms with van der Waals surface area (Å²) >= 11 is 5.85. The number of non-ortho nitro benzene ring substituents is 1. The monoisotopic (exact) mass is 254 g/mol. The van der Waals surface area contributed by atoms with Crippen molar-refractivity contribution in [3.8, 4) is 0 Å². The van der Waals surface area contributed by atoms with Gasteiger partial charge in [0.15, 0.2) is 0 Å². The van der Waals surface area contributed by atoms with Crippen LogP contribution < -0.4 is 5.32 Å². The van der Waals surface area contributed by atoms with E-state index in [2.05, 4.69) is 5.32 Å². The summed E-state index contributed by atoms with van der Waals surface area (Å²) in [6.45, 7) is 1.95. The van der Waals surface area contributed by atoms with Gasteiger partial charge in [-0.05, 0) is 25.8 Å². The fraction of sp³-hybridized carbons (Fsp3) is 0.364. The predicted octanol–water partition coefficient (Wildman–Crippen LogP) is 2.53. The Balaban J connectivity index is 2.21. The first-order chi connectivity index (χ1) is 7.91. The molecule has 1 aliphatic carbocycles. The Hall–Kier alpha value is -1.62. The number of carbonyl (C=O) groups excluding carboxylic acids is 1. The molecule has 0 saturated heterocycles. The molecule has 0 aromatic heterocycles. The molecular weight excluding hydrogens is 244 g/mol. The Kier molecular flexibility index (Phi) is 2.79. The summed E-state index contributed by atoms with van der Waals surface area (Å²) < 4.78 is 0. The number of amides is 1. The second-order valence-corrected chi connectivity index (χ2v) is 4.84. The van der Waals surface area contributed by atoms with Gasteiger partial charge >= 0.3 is 0 Å². The van der Waals surface area contributed by atoms with Crippen LogP contribution in [0.2, 0.25) is 5.02 Å². The van der Waals surface area contributed by atoms with Crippen LogP contribution in [0.4, 0.5) is 5.69 Å². The van der Waals surface area contributed by atoms with E-state index in [-0.39, 0.29) is 27.7 Å². The van der Waals surface area contributed by atoms with Gasteiger partial charge in [-0.1, -0.05) is 11.6 Å². The molecule has 1 aromatic rings. The van der Waals surface area contributed by atoms with Crippen LogP contribution in [0.5, 0.6) is 0 Å². The molecule has 5 nitrogen and oxygen atoms in total. The second-order valence-electron chi connectivity index (χ2n) is 4.44. The Bertz CT molecular complexity index is 497. The minimum Gasteiger partial charge on any atom is -0.347 e. The first-order valence-electron chi connectivity index (χ1n) is 5.18. The van der Waals surface area contributed by atoms with E-state index in [1.54, 1.807) is 0 Å². The number of hydrogen-bond acceptors (Lipinski definition) is 3. The summed E-state index contributed by atoms with van der Waals surface area (Å²) in [5.41, 5.74) is 0.0110. The average Bonchev–Trinajstić information content (AvgIpc) is 2.95. The highest BCUT2D eigenvalue weighted by Gasteiger charge is 2.39. The molecule has 17 heavy (non-hydrogen) atoms. The summed E-state index contributed by atoms with van der Waals surface area (Å²) in [6.07, 6.45) is 1.90. The summed E-state index contributed by atoms with van der Waals surface area (Å²) in [6, 6.07) is 3.84. The number of nitrogens with zero attached hydrogens (tertiary/aromatic N) is 1. The van der Waals surface area contributed by atoms with Gasteiger partial charge in [0.2, 0.25) is 0 Å². The smallest absolute Gasteiger partial charge is 0.270 e. The van der Waals surface area contributed by atoms with Gasteiger partial charge in [0.25, 0.3) is 11.6 Å². The van der Waals surface area contributed by atoms with E-state index in [4.69, 9.17) is 11.6 Å². The number of halogens is 1. The number of nitro benzene ring substituents is 1. The van der Waals surface area contributed by atoms with E-state index in [1.807, 2.05) is 6.92 Å². The standard InChI is InChI=1S/C11H11ClN2O3/c1-11(4-5-11)13-10(15)8-3-2-7(14(16)17)6-9(8)12/h2-3,6H,4-5H2,1H3,(H,13,15). The zero-order valence-corrected chi connectivity index (χ0v) is 9.95. The average molecular weight is 255 g/mol. The number of nitrogens with one attached hydrogen (secondary N) is 1. The summed E-state index contributed by atoms with van der Waals surface area (Å²) in [4.78, 5) is 21.8. The molecule has 6 heteroatoms. The minimum atomic E-state index is -0.546. The normalized spacial score (nSPS) is 16.4. The third kappa shape index (κ3) is 2.55. The van der Waals surface area contributed by atoms with E-state index in [9.17, 15) is 14.9 Å². The number of benzene rings is 1. The van der Waals surface area contributed by atoms with Crippen LogP contribution in [0.1, 0.15) is 30.1 Å². The summed E-state index contributed by atoms with van der Waals surface area (Å²) in [5.74, 6) is -0.287. The van der Waals surface area contributed by atoms with Gasteiger partial charge in [-0.25, -0.2) is 0 Å². The van der Waals surface area contributed by atoms with E-state index >= 15 is 0 Å². The third-order valence-electron chi connectivity index (χ3n) is 2.82. The molecule has 0 unspecified atom stereocenters. The zero-order valence-electron chi connectivity index (χ0n) is 9.20. The maximum absolute atomic E-state index is 11.8. The topological polar surface area (TPSA) is 72.2 Å². The lowest BCUT2D eigenvalue weighted by Gasteiger charge is -2.11. The van der Waals surface area contributed by atoms with Crippen molar-refractivity contribution in [2.45, 2.75) is 25.3 Å². The predicted molar refractivity (Wildman–Crippen MR) is 63.2 cm³/mol. The fourth-order valence-electron chi connectivity index (χ4n) is 1.46. The molecule has 1 amide bonds. The summed E-state index contributed by atoms with van der Waals surface area (Å²) in [7, 11) is 0. The molecule has 2 rings (SSSR count). The van der Waals surface area contributed by atoms with Crippen LogP contribution in [-0.2, 0) is 0 Å². The molecule has 0 aliphatic heterocycles. The molecule has 0 heterocycles. The highest BCUT2D eigenvalue weighted by molar-refractivity contribution is 6.34. The van der Waals surface area contributed by atoms with Crippen LogP contribution in [0.25, 0.3) is 0 Å². The van der Waals surface area contributed by atoms with Gasteiger partial charge in [-0.2, -0.15) is 0 Å². The molecule has 1 fully saturated rings. The molecular formula is C11H11ClN2O3. The molecule has 1 aliphatic rings. The van der Waals surface area contributed by atoms with Crippen LogP contribution in [0, 0.1) is 10.1 Å². The Labute approximate surface area is 103 Å².